The van der Waals surface area contributed by atoms with Crippen molar-refractivity contribution in [3.8, 4) is 11.5 Å². The lowest BCUT2D eigenvalue weighted by atomic mass is 10.0. The molecule has 0 spiro atoms. The molecule has 3 rings (SSSR count). The van der Waals surface area contributed by atoms with Crippen molar-refractivity contribution < 1.29 is 24.2 Å². The average molecular weight is 286 g/mol. The lowest BCUT2D eigenvalue weighted by Crippen LogP contribution is -2.04. The van der Waals surface area contributed by atoms with E-state index in [1.165, 1.54) is 7.11 Å². The maximum absolute atomic E-state index is 11.8. The number of benzene rings is 2. The molecule has 0 radical (unpaired) electrons. The maximum Gasteiger partial charge on any atom is 0.341 e. The number of aromatic hydroxyl groups is 2. The predicted molar refractivity (Wildman–Crippen MR) is 77.9 cm³/mol. The van der Waals surface area contributed by atoms with Gasteiger partial charge >= 0.3 is 5.97 Å². The molecule has 0 saturated carbocycles. The molecule has 0 aliphatic carbocycles. The molecule has 2 N–H and O–H groups in total. The van der Waals surface area contributed by atoms with Gasteiger partial charge in [-0.2, -0.15) is 0 Å². The number of hydrogen-bond donors (Lipinski definition) is 2. The van der Waals surface area contributed by atoms with Crippen molar-refractivity contribution >= 4 is 27.9 Å². The number of furan rings is 1. The van der Waals surface area contributed by atoms with Crippen LogP contribution in [0, 0.1) is 13.8 Å². The van der Waals surface area contributed by atoms with E-state index in [1.54, 1.807) is 25.1 Å². The van der Waals surface area contributed by atoms with Gasteiger partial charge in [-0.3, -0.25) is 0 Å². The van der Waals surface area contributed by atoms with Crippen LogP contribution in [-0.2, 0) is 4.74 Å². The van der Waals surface area contributed by atoms with E-state index in [-0.39, 0.29) is 17.1 Å². The van der Waals surface area contributed by atoms with Crippen LogP contribution in [0.1, 0.15) is 21.5 Å². The van der Waals surface area contributed by atoms with Crippen molar-refractivity contribution in [1.82, 2.24) is 0 Å². The Morgan fingerprint density at radius 1 is 1.10 bits per heavy atom. The van der Waals surface area contributed by atoms with Gasteiger partial charge in [0.1, 0.15) is 28.2 Å². The minimum absolute atomic E-state index is 0.00119. The molecule has 0 aliphatic rings. The van der Waals surface area contributed by atoms with E-state index >= 15 is 0 Å². The highest BCUT2D eigenvalue weighted by atomic mass is 16.5. The van der Waals surface area contributed by atoms with Crippen LogP contribution in [0.3, 0.4) is 0 Å². The van der Waals surface area contributed by atoms with E-state index in [4.69, 9.17) is 9.15 Å². The maximum atomic E-state index is 11.8. The van der Waals surface area contributed by atoms with Crippen molar-refractivity contribution in [2.24, 2.45) is 0 Å². The van der Waals surface area contributed by atoms with Gasteiger partial charge in [0.15, 0.2) is 0 Å². The topological polar surface area (TPSA) is 79.9 Å². The van der Waals surface area contributed by atoms with Crippen LogP contribution in [0.5, 0.6) is 11.5 Å². The van der Waals surface area contributed by atoms with Crippen LogP contribution in [-0.4, -0.2) is 23.3 Å². The summed E-state index contributed by atoms with van der Waals surface area (Å²) in [5.41, 5.74) is 2.33. The second kappa shape index (κ2) is 4.41. The number of carbonyl (C=O) groups is 1. The van der Waals surface area contributed by atoms with Gasteiger partial charge in [-0.05, 0) is 43.2 Å². The van der Waals surface area contributed by atoms with Gasteiger partial charge in [0.25, 0.3) is 0 Å². The number of esters is 1. The first-order valence-electron chi connectivity index (χ1n) is 6.40. The number of phenols is 2. The van der Waals surface area contributed by atoms with E-state index in [2.05, 4.69) is 0 Å². The Morgan fingerprint density at radius 2 is 1.76 bits per heavy atom. The third-order valence-electron chi connectivity index (χ3n) is 3.55. The smallest absolute Gasteiger partial charge is 0.341 e. The molecule has 21 heavy (non-hydrogen) atoms. The van der Waals surface area contributed by atoms with Crippen molar-refractivity contribution in [3.63, 3.8) is 0 Å². The largest absolute Gasteiger partial charge is 0.507 e. The molecule has 108 valence electrons. The van der Waals surface area contributed by atoms with E-state index in [0.717, 1.165) is 5.56 Å². The second-order valence-electron chi connectivity index (χ2n) is 5.04. The molecule has 0 bridgehead atoms. The van der Waals surface area contributed by atoms with E-state index in [1.807, 2.05) is 6.92 Å². The van der Waals surface area contributed by atoms with Gasteiger partial charge in [-0.25, -0.2) is 4.79 Å². The van der Waals surface area contributed by atoms with E-state index in [9.17, 15) is 15.0 Å². The Balaban J connectivity index is 2.52. The van der Waals surface area contributed by atoms with Crippen molar-refractivity contribution in [3.05, 3.63) is 34.9 Å². The second-order valence-corrected chi connectivity index (χ2v) is 5.04. The summed E-state index contributed by atoms with van der Waals surface area (Å²) in [7, 11) is 1.25. The molecule has 3 aromatic rings. The highest BCUT2D eigenvalue weighted by Gasteiger charge is 2.23. The fourth-order valence-corrected chi connectivity index (χ4v) is 2.64. The lowest BCUT2D eigenvalue weighted by molar-refractivity contribution is 0.0597. The first kappa shape index (κ1) is 13.3. The van der Waals surface area contributed by atoms with Crippen molar-refractivity contribution in [2.75, 3.05) is 7.11 Å². The van der Waals surface area contributed by atoms with Gasteiger partial charge in [-0.1, -0.05) is 0 Å². The monoisotopic (exact) mass is 286 g/mol. The Kier molecular flexibility index (Phi) is 2.79. The Bertz CT molecular complexity index is 889. The van der Waals surface area contributed by atoms with Crippen LogP contribution in [0.2, 0.25) is 0 Å². The van der Waals surface area contributed by atoms with Gasteiger partial charge in [0, 0.05) is 0 Å². The minimum Gasteiger partial charge on any atom is -0.507 e. The SMILES string of the molecule is COC(=O)c1c(C)cc2oc3cc(C)cc(O)c3c2c1O. The first-order valence-corrected chi connectivity index (χ1v) is 6.40. The highest BCUT2D eigenvalue weighted by molar-refractivity contribution is 6.14. The molecule has 0 unspecified atom stereocenters. The Hall–Kier alpha value is -2.69. The number of carbonyl (C=O) groups excluding carboxylic acids is 1. The molecule has 1 aromatic heterocycles. The summed E-state index contributed by atoms with van der Waals surface area (Å²) >= 11 is 0. The number of hydrogen-bond acceptors (Lipinski definition) is 5. The molecule has 0 atom stereocenters. The molecule has 0 aliphatic heterocycles. The molecule has 0 saturated heterocycles. The fraction of sp³-hybridized carbons (Fsp3) is 0.188. The highest BCUT2D eigenvalue weighted by Crippen LogP contribution is 2.42. The molecule has 0 fully saturated rings. The molecular formula is C16H14O5. The zero-order valence-electron chi connectivity index (χ0n) is 11.9. The Labute approximate surface area is 120 Å². The lowest BCUT2D eigenvalue weighted by Gasteiger charge is -2.07. The van der Waals surface area contributed by atoms with Gasteiger partial charge in [-0.15, -0.1) is 0 Å². The Morgan fingerprint density at radius 3 is 2.43 bits per heavy atom. The van der Waals surface area contributed by atoms with Crippen LogP contribution in [0.4, 0.5) is 0 Å². The third-order valence-corrected chi connectivity index (χ3v) is 3.55. The number of rotatable bonds is 1. The van der Waals surface area contributed by atoms with Crippen LogP contribution < -0.4 is 0 Å². The molecule has 5 heteroatoms. The first-order chi connectivity index (χ1) is 9.93. The van der Waals surface area contributed by atoms with Crippen LogP contribution >= 0.6 is 0 Å². The average Bonchev–Trinajstić information content (AvgIpc) is 2.76. The number of fused-ring (bicyclic) bond motifs is 3. The summed E-state index contributed by atoms with van der Waals surface area (Å²) in [5, 5.41) is 21.3. The predicted octanol–water partition coefficient (Wildman–Crippen LogP) is 3.40. The number of methoxy groups -OCH3 is 1. The quantitative estimate of drug-likeness (QED) is 0.670. The third kappa shape index (κ3) is 1.81. The molecule has 0 amide bonds. The van der Waals surface area contributed by atoms with Gasteiger partial charge < -0.3 is 19.4 Å². The van der Waals surface area contributed by atoms with Crippen molar-refractivity contribution in [1.29, 1.82) is 0 Å². The van der Waals surface area contributed by atoms with Crippen LogP contribution in [0.15, 0.2) is 22.6 Å². The van der Waals surface area contributed by atoms with Crippen LogP contribution in [0.25, 0.3) is 21.9 Å². The standard InChI is InChI=1S/C16H14O5/c1-7-4-9(17)13-10(5-7)21-11-6-8(2)12(16(19)20-3)15(18)14(11)13/h4-6,17-18H,1-3H3. The summed E-state index contributed by atoms with van der Waals surface area (Å²) in [4.78, 5) is 11.8. The fourth-order valence-electron chi connectivity index (χ4n) is 2.64. The summed E-state index contributed by atoms with van der Waals surface area (Å²) in [6.45, 7) is 3.51. The number of phenolic OH excluding ortho intramolecular Hbond substituents is 2. The number of ether oxygens (including phenoxy) is 1. The molecule has 2 aromatic carbocycles. The summed E-state index contributed by atoms with van der Waals surface area (Å²) in [5.74, 6) is -0.874. The zero-order valence-corrected chi connectivity index (χ0v) is 11.9. The zero-order chi connectivity index (χ0) is 15.3. The molecular weight excluding hydrogens is 272 g/mol. The summed E-state index contributed by atoms with van der Waals surface area (Å²) in [6.07, 6.45) is 0. The summed E-state index contributed by atoms with van der Waals surface area (Å²) < 4.78 is 10.4. The van der Waals surface area contributed by atoms with Gasteiger partial charge in [0.2, 0.25) is 0 Å². The van der Waals surface area contributed by atoms with E-state index in [0.29, 0.717) is 27.5 Å². The summed E-state index contributed by atoms with van der Waals surface area (Å²) in [6, 6.07) is 4.99. The number of aryl methyl sites for hydroxylation is 2. The minimum atomic E-state index is -0.632. The van der Waals surface area contributed by atoms with E-state index < -0.39 is 5.97 Å². The van der Waals surface area contributed by atoms with Gasteiger partial charge in [0.05, 0.1) is 17.9 Å². The van der Waals surface area contributed by atoms with Crippen molar-refractivity contribution in [2.45, 2.75) is 13.8 Å². The normalized spacial score (nSPS) is 11.2. The molecule has 5 nitrogen and oxygen atoms in total. The molecule has 1 heterocycles.